The second-order valence-corrected chi connectivity index (χ2v) is 6.16. The summed E-state index contributed by atoms with van der Waals surface area (Å²) in [6.07, 6.45) is 9.21. The fourth-order valence-corrected chi connectivity index (χ4v) is 3.62. The summed E-state index contributed by atoms with van der Waals surface area (Å²) < 4.78 is 0. The predicted molar refractivity (Wildman–Crippen MR) is 86.2 cm³/mol. The molecule has 1 saturated carbocycles. The Hall–Kier alpha value is -1.20. The van der Waals surface area contributed by atoms with Crippen molar-refractivity contribution in [2.45, 2.75) is 31.7 Å². The summed E-state index contributed by atoms with van der Waals surface area (Å²) in [5.41, 5.74) is 7.85. The average molecular weight is 290 g/mol. The van der Waals surface area contributed by atoms with Crippen LogP contribution in [0.25, 0.3) is 0 Å². The van der Waals surface area contributed by atoms with Crippen molar-refractivity contribution >= 4 is 22.9 Å². The van der Waals surface area contributed by atoms with Gasteiger partial charge in [-0.15, -0.1) is 0 Å². The third-order valence-corrected chi connectivity index (χ3v) is 4.78. The maximum absolute atomic E-state index is 5.81. The average Bonchev–Trinajstić information content (AvgIpc) is 3.02. The van der Waals surface area contributed by atoms with Crippen molar-refractivity contribution in [3.8, 4) is 0 Å². The van der Waals surface area contributed by atoms with E-state index in [1.807, 2.05) is 12.3 Å². The summed E-state index contributed by atoms with van der Waals surface area (Å²) in [6, 6.07) is 2.74. The third kappa shape index (κ3) is 2.79. The lowest BCUT2D eigenvalue weighted by molar-refractivity contribution is 0.187. The summed E-state index contributed by atoms with van der Waals surface area (Å²) >= 11 is 5.14. The number of hydrogen-bond donors (Lipinski definition) is 1. The predicted octanol–water partition coefficient (Wildman–Crippen LogP) is 1.78. The number of rotatable bonds is 3. The number of pyridine rings is 1. The minimum Gasteiger partial charge on any atom is -0.389 e. The van der Waals surface area contributed by atoms with Crippen molar-refractivity contribution in [1.82, 2.24) is 9.88 Å². The van der Waals surface area contributed by atoms with Crippen LogP contribution in [-0.4, -0.2) is 47.1 Å². The summed E-state index contributed by atoms with van der Waals surface area (Å²) in [6.45, 7) is 4.35. The Labute approximate surface area is 126 Å². The molecule has 2 heterocycles. The molecule has 4 nitrogen and oxygen atoms in total. The summed E-state index contributed by atoms with van der Waals surface area (Å²) in [4.78, 5) is 9.71. The van der Waals surface area contributed by atoms with Gasteiger partial charge in [0.2, 0.25) is 0 Å². The molecule has 20 heavy (non-hydrogen) atoms. The first-order valence-corrected chi connectivity index (χ1v) is 7.89. The van der Waals surface area contributed by atoms with Gasteiger partial charge in [0.25, 0.3) is 0 Å². The van der Waals surface area contributed by atoms with E-state index in [2.05, 4.69) is 14.8 Å². The largest absolute Gasteiger partial charge is 0.389 e. The fraction of sp³-hybridized carbons (Fsp3) is 0.600. The van der Waals surface area contributed by atoms with E-state index in [1.54, 1.807) is 6.20 Å². The van der Waals surface area contributed by atoms with E-state index in [-0.39, 0.29) is 0 Å². The molecule has 0 radical (unpaired) electrons. The smallest absolute Gasteiger partial charge is 0.106 e. The van der Waals surface area contributed by atoms with Crippen LogP contribution in [0.2, 0.25) is 0 Å². The summed E-state index contributed by atoms with van der Waals surface area (Å²) in [5, 5.41) is 0. The zero-order valence-electron chi connectivity index (χ0n) is 11.8. The number of anilines is 1. The van der Waals surface area contributed by atoms with Crippen molar-refractivity contribution < 1.29 is 0 Å². The molecule has 1 aliphatic heterocycles. The van der Waals surface area contributed by atoms with Gasteiger partial charge in [-0.25, -0.2) is 0 Å². The highest BCUT2D eigenvalue weighted by atomic mass is 32.1. The van der Waals surface area contributed by atoms with Gasteiger partial charge in [-0.05, 0) is 18.9 Å². The van der Waals surface area contributed by atoms with Crippen LogP contribution in [0.15, 0.2) is 18.5 Å². The standard InChI is InChI=1S/C15H22N4S/c16-15(20)13-5-6-17-11-14(13)19-9-7-18(8-10-19)12-3-1-2-4-12/h5-6,11-12H,1-4,7-10H2,(H2,16,20). The lowest BCUT2D eigenvalue weighted by Crippen LogP contribution is -2.50. The Balaban J connectivity index is 1.67. The Morgan fingerprint density at radius 2 is 1.90 bits per heavy atom. The Morgan fingerprint density at radius 1 is 1.20 bits per heavy atom. The zero-order chi connectivity index (χ0) is 13.9. The monoisotopic (exact) mass is 290 g/mol. The molecule has 0 amide bonds. The van der Waals surface area contributed by atoms with Crippen LogP contribution in [0, 0.1) is 0 Å². The molecule has 0 unspecified atom stereocenters. The van der Waals surface area contributed by atoms with Crippen molar-refractivity contribution in [2.75, 3.05) is 31.1 Å². The van der Waals surface area contributed by atoms with E-state index in [1.165, 1.54) is 25.7 Å². The van der Waals surface area contributed by atoms with E-state index >= 15 is 0 Å². The second-order valence-electron chi connectivity index (χ2n) is 5.72. The lowest BCUT2D eigenvalue weighted by Gasteiger charge is -2.39. The van der Waals surface area contributed by atoms with E-state index < -0.39 is 0 Å². The normalized spacial score (nSPS) is 21.3. The topological polar surface area (TPSA) is 45.4 Å². The molecule has 2 fully saturated rings. The van der Waals surface area contributed by atoms with Crippen molar-refractivity contribution in [2.24, 2.45) is 5.73 Å². The molecule has 1 saturated heterocycles. The van der Waals surface area contributed by atoms with E-state index in [4.69, 9.17) is 18.0 Å². The molecule has 2 aliphatic rings. The van der Waals surface area contributed by atoms with Gasteiger partial charge in [-0.2, -0.15) is 0 Å². The van der Waals surface area contributed by atoms with Crippen LogP contribution in [0.4, 0.5) is 5.69 Å². The van der Waals surface area contributed by atoms with E-state index in [0.717, 1.165) is 43.5 Å². The summed E-state index contributed by atoms with van der Waals surface area (Å²) in [7, 11) is 0. The van der Waals surface area contributed by atoms with Gasteiger partial charge < -0.3 is 10.6 Å². The van der Waals surface area contributed by atoms with Crippen molar-refractivity contribution in [1.29, 1.82) is 0 Å². The number of piperazine rings is 1. The van der Waals surface area contributed by atoms with Crippen LogP contribution in [0.5, 0.6) is 0 Å². The molecule has 1 aliphatic carbocycles. The SMILES string of the molecule is NC(=S)c1ccncc1N1CCN(C2CCCC2)CC1. The number of hydrogen-bond acceptors (Lipinski definition) is 4. The second kappa shape index (κ2) is 6.06. The van der Waals surface area contributed by atoms with Crippen molar-refractivity contribution in [3.63, 3.8) is 0 Å². The number of aromatic nitrogens is 1. The van der Waals surface area contributed by atoms with Gasteiger partial charge in [0.15, 0.2) is 0 Å². The number of thiocarbonyl (C=S) groups is 1. The first kappa shape index (κ1) is 13.8. The molecule has 1 aromatic heterocycles. The van der Waals surface area contributed by atoms with Crippen LogP contribution >= 0.6 is 12.2 Å². The quantitative estimate of drug-likeness (QED) is 0.860. The van der Waals surface area contributed by atoms with E-state index in [0.29, 0.717) is 4.99 Å². The molecule has 5 heteroatoms. The molecule has 3 rings (SSSR count). The zero-order valence-corrected chi connectivity index (χ0v) is 12.6. The molecule has 0 bridgehead atoms. The summed E-state index contributed by atoms with van der Waals surface area (Å²) in [5.74, 6) is 0. The maximum Gasteiger partial charge on any atom is 0.106 e. The van der Waals surface area contributed by atoms with Crippen molar-refractivity contribution in [3.05, 3.63) is 24.0 Å². The Bertz CT molecular complexity index is 477. The lowest BCUT2D eigenvalue weighted by atomic mass is 10.1. The molecular weight excluding hydrogens is 268 g/mol. The fourth-order valence-electron chi connectivity index (χ4n) is 3.44. The van der Waals surface area contributed by atoms with Gasteiger partial charge in [0, 0.05) is 44.0 Å². The van der Waals surface area contributed by atoms with Crippen LogP contribution in [0.3, 0.4) is 0 Å². The minimum atomic E-state index is 0.459. The van der Waals surface area contributed by atoms with Crippen LogP contribution in [-0.2, 0) is 0 Å². The Morgan fingerprint density at radius 3 is 2.55 bits per heavy atom. The molecule has 0 atom stereocenters. The molecule has 108 valence electrons. The molecule has 0 spiro atoms. The minimum absolute atomic E-state index is 0.459. The number of nitrogens with two attached hydrogens (primary N) is 1. The molecule has 0 aromatic carbocycles. The molecular formula is C15H22N4S. The van der Waals surface area contributed by atoms with Crippen LogP contribution < -0.4 is 10.6 Å². The highest BCUT2D eigenvalue weighted by molar-refractivity contribution is 7.80. The first-order chi connectivity index (χ1) is 9.75. The van der Waals surface area contributed by atoms with Gasteiger partial charge in [-0.3, -0.25) is 9.88 Å². The van der Waals surface area contributed by atoms with E-state index in [9.17, 15) is 0 Å². The Kier molecular flexibility index (Phi) is 4.17. The highest BCUT2D eigenvalue weighted by Gasteiger charge is 2.27. The van der Waals surface area contributed by atoms with Gasteiger partial charge >= 0.3 is 0 Å². The van der Waals surface area contributed by atoms with Gasteiger partial charge in [0.1, 0.15) is 4.99 Å². The molecule has 1 aromatic rings. The number of nitrogens with zero attached hydrogens (tertiary/aromatic N) is 3. The van der Waals surface area contributed by atoms with Gasteiger partial charge in [-0.1, -0.05) is 25.1 Å². The highest BCUT2D eigenvalue weighted by Crippen LogP contribution is 2.26. The first-order valence-electron chi connectivity index (χ1n) is 7.48. The van der Waals surface area contributed by atoms with Gasteiger partial charge in [0.05, 0.1) is 11.9 Å². The third-order valence-electron chi connectivity index (χ3n) is 4.56. The van der Waals surface area contributed by atoms with Crippen LogP contribution in [0.1, 0.15) is 31.2 Å². The molecule has 2 N–H and O–H groups in total. The maximum atomic E-state index is 5.81.